The lowest BCUT2D eigenvalue weighted by molar-refractivity contribution is -0.00134. The van der Waals surface area contributed by atoms with Crippen molar-refractivity contribution in [1.29, 1.82) is 0 Å². The third-order valence-electron chi connectivity index (χ3n) is 4.12. The Kier molecular flexibility index (Phi) is 3.61. The van der Waals surface area contributed by atoms with Crippen LogP contribution in [0.25, 0.3) is 0 Å². The van der Waals surface area contributed by atoms with Gasteiger partial charge in [0.05, 0.1) is 18.2 Å². The molecule has 0 radical (unpaired) electrons. The molecule has 1 aliphatic heterocycles. The van der Waals surface area contributed by atoms with Crippen LogP contribution in [0.4, 0.5) is 0 Å². The summed E-state index contributed by atoms with van der Waals surface area (Å²) in [5, 5.41) is 0. The first-order valence-corrected chi connectivity index (χ1v) is 6.67. The third-order valence-corrected chi connectivity index (χ3v) is 4.12. The molecule has 0 aromatic carbocycles. The standard InChI is InChI=1S/C13H25N3O/c1-13(2,17-3)8-11-9-15-12(14)16(11)10-6-4-5-7-10/h10-11H,4-9H2,1-3H3,(H2,14,15). The Balaban J connectivity index is 2.02. The van der Waals surface area contributed by atoms with Gasteiger partial charge in [0.15, 0.2) is 5.96 Å². The van der Waals surface area contributed by atoms with Gasteiger partial charge in [0.1, 0.15) is 0 Å². The number of hydrogen-bond acceptors (Lipinski definition) is 4. The van der Waals surface area contributed by atoms with E-state index in [2.05, 4.69) is 23.7 Å². The molecule has 2 N–H and O–H groups in total. The zero-order valence-corrected chi connectivity index (χ0v) is 11.3. The molecule has 2 rings (SSSR count). The summed E-state index contributed by atoms with van der Waals surface area (Å²) in [4.78, 5) is 6.78. The van der Waals surface area contributed by atoms with Crippen LogP contribution >= 0.6 is 0 Å². The molecule has 0 aromatic heterocycles. The maximum Gasteiger partial charge on any atom is 0.191 e. The van der Waals surface area contributed by atoms with Gasteiger partial charge in [0.25, 0.3) is 0 Å². The van der Waals surface area contributed by atoms with Crippen LogP contribution in [0.15, 0.2) is 4.99 Å². The van der Waals surface area contributed by atoms with Crippen molar-refractivity contribution in [1.82, 2.24) is 4.90 Å². The van der Waals surface area contributed by atoms with E-state index in [1.165, 1.54) is 25.7 Å². The highest BCUT2D eigenvalue weighted by Gasteiger charge is 2.36. The van der Waals surface area contributed by atoms with Crippen LogP contribution in [0.1, 0.15) is 46.0 Å². The summed E-state index contributed by atoms with van der Waals surface area (Å²) >= 11 is 0. The van der Waals surface area contributed by atoms with Crippen molar-refractivity contribution in [3.63, 3.8) is 0 Å². The first kappa shape index (κ1) is 12.7. The zero-order valence-electron chi connectivity index (χ0n) is 11.3. The Morgan fingerprint density at radius 3 is 2.65 bits per heavy atom. The minimum absolute atomic E-state index is 0.0956. The normalized spacial score (nSPS) is 26.6. The number of ether oxygens (including phenoxy) is 1. The Bertz CT molecular complexity index is 295. The number of methoxy groups -OCH3 is 1. The fraction of sp³-hybridized carbons (Fsp3) is 0.923. The lowest BCUT2D eigenvalue weighted by atomic mass is 9.97. The van der Waals surface area contributed by atoms with E-state index >= 15 is 0 Å². The summed E-state index contributed by atoms with van der Waals surface area (Å²) in [6.07, 6.45) is 6.17. The Morgan fingerprint density at radius 2 is 2.06 bits per heavy atom. The number of hydrogen-bond donors (Lipinski definition) is 1. The molecule has 2 aliphatic rings. The molecule has 1 heterocycles. The molecule has 98 valence electrons. The van der Waals surface area contributed by atoms with E-state index in [-0.39, 0.29) is 5.60 Å². The summed E-state index contributed by atoms with van der Waals surface area (Å²) in [7, 11) is 1.78. The highest BCUT2D eigenvalue weighted by Crippen LogP contribution is 2.30. The van der Waals surface area contributed by atoms with Gasteiger partial charge in [-0.1, -0.05) is 12.8 Å². The highest BCUT2D eigenvalue weighted by molar-refractivity contribution is 5.80. The SMILES string of the molecule is COC(C)(C)CC1CN=C(N)N1C1CCCC1. The number of aliphatic imine (C=N–C) groups is 1. The van der Waals surface area contributed by atoms with Crippen LogP contribution in [0, 0.1) is 0 Å². The van der Waals surface area contributed by atoms with Crippen LogP contribution in [-0.4, -0.2) is 42.2 Å². The predicted molar refractivity (Wildman–Crippen MR) is 70.1 cm³/mol. The lowest BCUT2D eigenvalue weighted by Gasteiger charge is -2.36. The molecule has 1 fully saturated rings. The molecule has 0 aromatic rings. The molecule has 0 spiro atoms. The van der Waals surface area contributed by atoms with Gasteiger partial charge >= 0.3 is 0 Å². The van der Waals surface area contributed by atoms with Gasteiger partial charge in [0, 0.05) is 13.2 Å². The van der Waals surface area contributed by atoms with Crippen LogP contribution in [-0.2, 0) is 4.74 Å². The van der Waals surface area contributed by atoms with E-state index in [0.29, 0.717) is 12.1 Å². The van der Waals surface area contributed by atoms with Gasteiger partial charge in [-0.2, -0.15) is 0 Å². The third kappa shape index (κ3) is 2.73. The summed E-state index contributed by atoms with van der Waals surface area (Å²) in [5.41, 5.74) is 5.95. The smallest absolute Gasteiger partial charge is 0.191 e. The Morgan fingerprint density at radius 1 is 1.41 bits per heavy atom. The van der Waals surface area contributed by atoms with Crippen molar-refractivity contribution in [2.24, 2.45) is 10.7 Å². The fourth-order valence-electron chi connectivity index (χ4n) is 3.04. The summed E-state index contributed by atoms with van der Waals surface area (Å²) < 4.78 is 5.53. The summed E-state index contributed by atoms with van der Waals surface area (Å²) in [6.45, 7) is 5.10. The number of nitrogens with zero attached hydrogens (tertiary/aromatic N) is 2. The van der Waals surface area contributed by atoms with Crippen LogP contribution < -0.4 is 5.73 Å². The van der Waals surface area contributed by atoms with E-state index in [1.54, 1.807) is 7.11 Å². The lowest BCUT2D eigenvalue weighted by Crippen LogP contribution is -2.49. The molecule has 1 unspecified atom stereocenters. The average molecular weight is 239 g/mol. The minimum atomic E-state index is -0.0956. The van der Waals surface area contributed by atoms with Gasteiger partial charge in [-0.3, -0.25) is 4.99 Å². The Labute approximate surface area is 104 Å². The average Bonchev–Trinajstić information content (AvgIpc) is 2.88. The van der Waals surface area contributed by atoms with Crippen molar-refractivity contribution >= 4 is 5.96 Å². The van der Waals surface area contributed by atoms with Crippen LogP contribution in [0.3, 0.4) is 0 Å². The molecular weight excluding hydrogens is 214 g/mol. The topological polar surface area (TPSA) is 50.9 Å². The van der Waals surface area contributed by atoms with Crippen LogP contribution in [0.5, 0.6) is 0 Å². The van der Waals surface area contributed by atoms with Gasteiger partial charge in [-0.25, -0.2) is 0 Å². The molecule has 0 saturated heterocycles. The zero-order chi connectivity index (χ0) is 12.5. The van der Waals surface area contributed by atoms with E-state index in [0.717, 1.165) is 18.9 Å². The second-order valence-corrected chi connectivity index (χ2v) is 5.87. The molecular formula is C13H25N3O. The first-order valence-electron chi connectivity index (χ1n) is 6.67. The fourth-order valence-corrected chi connectivity index (χ4v) is 3.04. The number of guanidine groups is 1. The molecule has 0 bridgehead atoms. The van der Waals surface area contributed by atoms with Crippen molar-refractivity contribution in [2.45, 2.75) is 63.6 Å². The van der Waals surface area contributed by atoms with E-state index in [9.17, 15) is 0 Å². The van der Waals surface area contributed by atoms with Crippen molar-refractivity contribution in [3.05, 3.63) is 0 Å². The Hall–Kier alpha value is -0.770. The largest absolute Gasteiger partial charge is 0.379 e. The monoisotopic (exact) mass is 239 g/mol. The van der Waals surface area contributed by atoms with Gasteiger partial charge < -0.3 is 15.4 Å². The molecule has 1 atom stereocenters. The van der Waals surface area contributed by atoms with Crippen molar-refractivity contribution in [3.8, 4) is 0 Å². The molecule has 17 heavy (non-hydrogen) atoms. The predicted octanol–water partition coefficient (Wildman–Crippen LogP) is 1.74. The van der Waals surface area contributed by atoms with E-state index in [1.807, 2.05) is 0 Å². The number of nitrogens with two attached hydrogens (primary N) is 1. The van der Waals surface area contributed by atoms with E-state index < -0.39 is 0 Å². The minimum Gasteiger partial charge on any atom is -0.379 e. The summed E-state index contributed by atoms with van der Waals surface area (Å²) in [5.74, 6) is 0.744. The first-order chi connectivity index (χ1) is 8.03. The second kappa shape index (κ2) is 4.84. The second-order valence-electron chi connectivity index (χ2n) is 5.87. The highest BCUT2D eigenvalue weighted by atomic mass is 16.5. The van der Waals surface area contributed by atoms with Gasteiger partial charge in [-0.05, 0) is 33.1 Å². The van der Waals surface area contributed by atoms with Crippen molar-refractivity contribution in [2.75, 3.05) is 13.7 Å². The van der Waals surface area contributed by atoms with Crippen molar-refractivity contribution < 1.29 is 4.74 Å². The molecule has 4 nitrogen and oxygen atoms in total. The maximum absolute atomic E-state index is 6.04. The molecule has 0 amide bonds. The summed E-state index contributed by atoms with van der Waals surface area (Å²) in [6, 6.07) is 1.03. The quantitative estimate of drug-likeness (QED) is 0.813. The molecule has 1 aliphatic carbocycles. The van der Waals surface area contributed by atoms with Gasteiger partial charge in [-0.15, -0.1) is 0 Å². The molecule has 1 saturated carbocycles. The maximum atomic E-state index is 6.04. The van der Waals surface area contributed by atoms with Gasteiger partial charge in [0.2, 0.25) is 0 Å². The van der Waals surface area contributed by atoms with Crippen LogP contribution in [0.2, 0.25) is 0 Å². The number of rotatable bonds is 4. The molecule has 4 heteroatoms. The van der Waals surface area contributed by atoms with E-state index in [4.69, 9.17) is 10.5 Å².